The van der Waals surface area contributed by atoms with E-state index < -0.39 is 11.9 Å². The predicted molar refractivity (Wildman–Crippen MR) is 146 cm³/mol. The van der Waals surface area contributed by atoms with Gasteiger partial charge in [0.25, 0.3) is 5.91 Å². The molecule has 1 atom stereocenters. The van der Waals surface area contributed by atoms with Gasteiger partial charge in [0.15, 0.2) is 0 Å². The van der Waals surface area contributed by atoms with Crippen molar-refractivity contribution in [1.29, 1.82) is 0 Å². The average Bonchev–Trinajstić information content (AvgIpc) is 3.44. The molecule has 2 heterocycles. The van der Waals surface area contributed by atoms with Crippen LogP contribution in [0.4, 0.5) is 11.5 Å². The van der Waals surface area contributed by atoms with E-state index in [9.17, 15) is 14.7 Å². The Morgan fingerprint density at radius 1 is 1.00 bits per heavy atom. The molecule has 0 saturated carbocycles. The van der Waals surface area contributed by atoms with Crippen LogP contribution in [0.3, 0.4) is 0 Å². The van der Waals surface area contributed by atoms with Crippen molar-refractivity contribution < 1.29 is 14.7 Å². The van der Waals surface area contributed by atoms with Gasteiger partial charge in [0.2, 0.25) is 0 Å². The molecule has 1 unspecified atom stereocenters. The Bertz CT molecular complexity index is 1470. The highest BCUT2D eigenvalue weighted by atomic mass is 35.5. The summed E-state index contributed by atoms with van der Waals surface area (Å²) in [5, 5.41) is 14.8. The number of nitrogens with zero attached hydrogens (tertiary/aromatic N) is 3. The molecule has 37 heavy (non-hydrogen) atoms. The lowest BCUT2D eigenvalue weighted by Gasteiger charge is -2.23. The number of benzene rings is 3. The van der Waals surface area contributed by atoms with E-state index in [0.29, 0.717) is 34.9 Å². The number of fused-ring (bicyclic) bond motifs is 1. The lowest BCUT2D eigenvalue weighted by atomic mass is 10.0. The number of aromatic nitrogens is 2. The molecule has 1 aliphatic rings. The van der Waals surface area contributed by atoms with Gasteiger partial charge in [-0.15, -0.1) is 0 Å². The minimum Gasteiger partial charge on any atom is -0.481 e. The maximum absolute atomic E-state index is 12.8. The second-order valence-electron chi connectivity index (χ2n) is 9.31. The molecule has 0 aliphatic carbocycles. The van der Waals surface area contributed by atoms with E-state index in [4.69, 9.17) is 16.6 Å². The average molecular weight is 515 g/mol. The van der Waals surface area contributed by atoms with Gasteiger partial charge in [0.05, 0.1) is 5.92 Å². The van der Waals surface area contributed by atoms with Gasteiger partial charge < -0.3 is 15.3 Å². The molecule has 0 bridgehead atoms. The first kappa shape index (κ1) is 24.7. The number of anilines is 2. The Kier molecular flexibility index (Phi) is 7.06. The summed E-state index contributed by atoms with van der Waals surface area (Å²) >= 11 is 6.51. The normalized spacial score (nSPS) is 14.1. The molecular formula is C29H27ClN4O3. The Morgan fingerprint density at radius 3 is 2.41 bits per heavy atom. The Hall–Kier alpha value is -3.97. The minimum atomic E-state index is -0.958. The standard InChI is InChI=1S/C29H27ClN4O3/c1-18(29(36)37)25-26(30)32-24(33-27(25)34-14-4-5-15-34)16-19-8-12-23(13-9-19)31-28(35)22-11-10-20-6-2-3-7-21(20)17-22/h2-3,6-13,17-18H,4-5,14-16H2,1H3,(H,31,35)(H,36,37). The van der Waals surface area contributed by atoms with Crippen molar-refractivity contribution >= 4 is 45.8 Å². The van der Waals surface area contributed by atoms with Gasteiger partial charge in [-0.3, -0.25) is 9.59 Å². The molecule has 8 heteroatoms. The first-order valence-corrected chi connectivity index (χ1v) is 12.7. The molecule has 1 fully saturated rings. The summed E-state index contributed by atoms with van der Waals surface area (Å²) in [5.41, 5.74) is 2.69. The second-order valence-corrected chi connectivity index (χ2v) is 9.67. The van der Waals surface area contributed by atoms with E-state index in [2.05, 4.69) is 15.2 Å². The van der Waals surface area contributed by atoms with Crippen LogP contribution in [-0.4, -0.2) is 40.0 Å². The molecule has 2 N–H and O–H groups in total. The molecule has 1 amide bonds. The molecule has 0 spiro atoms. The first-order chi connectivity index (χ1) is 17.9. The number of nitrogens with one attached hydrogen (secondary N) is 1. The van der Waals surface area contributed by atoms with E-state index in [0.717, 1.165) is 42.3 Å². The SMILES string of the molecule is CC(C(=O)O)c1c(Cl)nc(Cc2ccc(NC(=O)c3ccc4ccccc4c3)cc2)nc1N1CCCC1. The lowest BCUT2D eigenvalue weighted by molar-refractivity contribution is -0.138. The van der Waals surface area contributed by atoms with Crippen LogP contribution >= 0.6 is 11.6 Å². The van der Waals surface area contributed by atoms with Crippen LogP contribution < -0.4 is 10.2 Å². The summed E-state index contributed by atoms with van der Waals surface area (Å²) in [7, 11) is 0. The van der Waals surface area contributed by atoms with Crippen molar-refractivity contribution in [3.63, 3.8) is 0 Å². The van der Waals surface area contributed by atoms with Crippen molar-refractivity contribution in [2.45, 2.75) is 32.1 Å². The highest BCUT2D eigenvalue weighted by Crippen LogP contribution is 2.34. The fourth-order valence-electron chi connectivity index (χ4n) is 4.64. The molecule has 3 aromatic carbocycles. The number of carbonyl (C=O) groups excluding carboxylic acids is 1. The third-order valence-electron chi connectivity index (χ3n) is 6.72. The van der Waals surface area contributed by atoms with Crippen LogP contribution in [0.25, 0.3) is 10.8 Å². The molecule has 7 nitrogen and oxygen atoms in total. The van der Waals surface area contributed by atoms with Crippen molar-refractivity contribution in [2.24, 2.45) is 0 Å². The van der Waals surface area contributed by atoms with Gasteiger partial charge >= 0.3 is 5.97 Å². The van der Waals surface area contributed by atoms with Crippen LogP contribution in [-0.2, 0) is 11.2 Å². The summed E-state index contributed by atoms with van der Waals surface area (Å²) < 4.78 is 0. The number of halogens is 1. The van der Waals surface area contributed by atoms with E-state index >= 15 is 0 Å². The summed E-state index contributed by atoms with van der Waals surface area (Å²) in [4.78, 5) is 35.7. The molecule has 1 aliphatic heterocycles. The third kappa shape index (κ3) is 5.42. The monoisotopic (exact) mass is 514 g/mol. The summed E-state index contributed by atoms with van der Waals surface area (Å²) in [6.45, 7) is 3.24. The van der Waals surface area contributed by atoms with Gasteiger partial charge in [0.1, 0.15) is 16.8 Å². The Balaban J connectivity index is 1.33. The zero-order valence-electron chi connectivity index (χ0n) is 20.4. The highest BCUT2D eigenvalue weighted by Gasteiger charge is 2.28. The number of hydrogen-bond acceptors (Lipinski definition) is 5. The smallest absolute Gasteiger partial charge is 0.310 e. The van der Waals surface area contributed by atoms with Gasteiger partial charge in [-0.25, -0.2) is 9.97 Å². The van der Waals surface area contributed by atoms with Crippen molar-refractivity contribution in [3.05, 3.63) is 94.4 Å². The van der Waals surface area contributed by atoms with Crippen LogP contribution in [0, 0.1) is 0 Å². The number of carboxylic acid groups (broad SMARTS) is 1. The van der Waals surface area contributed by atoms with Crippen molar-refractivity contribution in [1.82, 2.24) is 9.97 Å². The Morgan fingerprint density at radius 2 is 1.70 bits per heavy atom. The van der Waals surface area contributed by atoms with Crippen LogP contribution in [0.2, 0.25) is 5.15 Å². The van der Waals surface area contributed by atoms with E-state index in [-0.39, 0.29) is 11.1 Å². The number of carbonyl (C=O) groups is 2. The van der Waals surface area contributed by atoms with Crippen LogP contribution in [0.1, 0.15) is 53.0 Å². The van der Waals surface area contributed by atoms with Gasteiger partial charge in [-0.05, 0) is 60.4 Å². The largest absolute Gasteiger partial charge is 0.481 e. The third-order valence-corrected chi connectivity index (χ3v) is 7.01. The summed E-state index contributed by atoms with van der Waals surface area (Å²) in [6, 6.07) is 21.1. The van der Waals surface area contributed by atoms with Crippen molar-refractivity contribution in [3.8, 4) is 0 Å². The number of rotatable bonds is 7. The molecule has 0 radical (unpaired) electrons. The maximum Gasteiger partial charge on any atom is 0.310 e. The molecule has 5 rings (SSSR count). The van der Waals surface area contributed by atoms with Crippen molar-refractivity contribution in [2.75, 3.05) is 23.3 Å². The minimum absolute atomic E-state index is 0.174. The quantitative estimate of drug-likeness (QED) is 0.297. The summed E-state index contributed by atoms with van der Waals surface area (Å²) in [5.74, 6) is -0.794. The predicted octanol–water partition coefficient (Wildman–Crippen LogP) is 5.91. The number of amides is 1. The van der Waals surface area contributed by atoms with Gasteiger partial charge in [-0.2, -0.15) is 0 Å². The van der Waals surface area contributed by atoms with E-state index in [1.54, 1.807) is 6.92 Å². The highest BCUT2D eigenvalue weighted by molar-refractivity contribution is 6.30. The molecular weight excluding hydrogens is 488 g/mol. The topological polar surface area (TPSA) is 95.4 Å². The maximum atomic E-state index is 12.8. The number of aliphatic carboxylic acids is 1. The van der Waals surface area contributed by atoms with E-state index in [1.807, 2.05) is 66.7 Å². The molecule has 188 valence electrons. The van der Waals surface area contributed by atoms with Gasteiger partial charge in [0, 0.05) is 36.3 Å². The number of carboxylic acids is 1. The molecule has 1 saturated heterocycles. The van der Waals surface area contributed by atoms with Crippen LogP contribution in [0.15, 0.2) is 66.7 Å². The molecule has 4 aromatic rings. The Labute approximate surface area is 220 Å². The number of hydrogen-bond donors (Lipinski definition) is 2. The second kappa shape index (κ2) is 10.6. The fourth-order valence-corrected chi connectivity index (χ4v) is 4.99. The van der Waals surface area contributed by atoms with E-state index in [1.165, 1.54) is 0 Å². The lowest BCUT2D eigenvalue weighted by Crippen LogP contribution is -2.24. The van der Waals surface area contributed by atoms with Gasteiger partial charge in [-0.1, -0.05) is 54.1 Å². The molecule has 1 aromatic heterocycles. The first-order valence-electron chi connectivity index (χ1n) is 12.3. The van der Waals surface area contributed by atoms with Crippen LogP contribution in [0.5, 0.6) is 0 Å². The zero-order valence-corrected chi connectivity index (χ0v) is 21.2. The summed E-state index contributed by atoms with van der Waals surface area (Å²) in [6.07, 6.45) is 2.50. The fraction of sp³-hybridized carbons (Fsp3) is 0.241. The zero-order chi connectivity index (χ0) is 25.9.